The molecule has 1 aliphatic rings. The van der Waals surface area contributed by atoms with E-state index in [9.17, 15) is 19.8 Å². The normalized spacial score (nSPS) is 30.1. The van der Waals surface area contributed by atoms with Crippen molar-refractivity contribution in [2.24, 2.45) is 5.92 Å². The van der Waals surface area contributed by atoms with E-state index in [-0.39, 0.29) is 18.9 Å². The van der Waals surface area contributed by atoms with Crippen LogP contribution in [0.3, 0.4) is 0 Å². The van der Waals surface area contributed by atoms with Crippen molar-refractivity contribution in [2.45, 2.75) is 45.1 Å². The van der Waals surface area contributed by atoms with Crippen molar-refractivity contribution in [1.29, 1.82) is 0 Å². The Morgan fingerprint density at radius 3 is 2.70 bits per heavy atom. The Balaban J connectivity index is 2.41. The molecule has 112 valence electrons. The molecule has 3 atom stereocenters. The van der Waals surface area contributed by atoms with Gasteiger partial charge in [-0.2, -0.15) is 0 Å². The summed E-state index contributed by atoms with van der Waals surface area (Å²) in [7, 11) is 0. The van der Waals surface area contributed by atoms with Crippen molar-refractivity contribution in [1.82, 2.24) is 9.55 Å². The molecule has 1 aliphatic heterocycles. The standard InChI is InChI=1S/C13H20N2O5/c1-7(2)13(6-16)9(17)4-10(20-13)15-5-8(3)11(18)14-12(15)19/h5,7,9-10,16-17H,4,6H2,1-3H3,(H,14,18,19)/t9-,10+,13-/m0/s1. The number of aliphatic hydroxyl groups excluding tert-OH is 2. The Morgan fingerprint density at radius 2 is 2.20 bits per heavy atom. The number of ether oxygens (including phenoxy) is 1. The first kappa shape index (κ1) is 15.0. The first-order valence-electron chi connectivity index (χ1n) is 6.60. The molecule has 7 heteroatoms. The van der Waals surface area contributed by atoms with E-state index in [1.54, 1.807) is 6.92 Å². The predicted octanol–water partition coefficient (Wildman–Crippen LogP) is -0.488. The highest BCUT2D eigenvalue weighted by Crippen LogP contribution is 2.40. The zero-order valence-electron chi connectivity index (χ0n) is 11.8. The number of hydrogen-bond acceptors (Lipinski definition) is 5. The van der Waals surface area contributed by atoms with E-state index in [1.807, 2.05) is 13.8 Å². The number of nitrogens with zero attached hydrogens (tertiary/aromatic N) is 1. The number of aromatic amines is 1. The molecular weight excluding hydrogens is 264 g/mol. The van der Waals surface area contributed by atoms with Gasteiger partial charge in [0.05, 0.1) is 12.7 Å². The second-order valence-corrected chi connectivity index (χ2v) is 5.57. The minimum Gasteiger partial charge on any atom is -0.393 e. The first-order chi connectivity index (χ1) is 9.31. The van der Waals surface area contributed by atoms with Crippen LogP contribution in [0.15, 0.2) is 15.8 Å². The van der Waals surface area contributed by atoms with Gasteiger partial charge in [-0.05, 0) is 12.8 Å². The Labute approximate surface area is 115 Å². The predicted molar refractivity (Wildman–Crippen MR) is 71.5 cm³/mol. The Hall–Kier alpha value is -1.44. The largest absolute Gasteiger partial charge is 0.393 e. The van der Waals surface area contributed by atoms with Crippen LogP contribution in [0.2, 0.25) is 0 Å². The van der Waals surface area contributed by atoms with Crippen LogP contribution in [0.1, 0.15) is 32.1 Å². The molecule has 0 aliphatic carbocycles. The molecule has 0 amide bonds. The third-order valence-electron chi connectivity index (χ3n) is 4.02. The van der Waals surface area contributed by atoms with Gasteiger partial charge in [0, 0.05) is 18.2 Å². The van der Waals surface area contributed by atoms with Crippen LogP contribution < -0.4 is 11.2 Å². The summed E-state index contributed by atoms with van der Waals surface area (Å²) in [5.41, 5.74) is -1.74. The minimum absolute atomic E-state index is 0.118. The number of aliphatic hydroxyl groups is 2. The van der Waals surface area contributed by atoms with E-state index in [0.29, 0.717) is 5.56 Å². The Bertz CT molecular complexity index is 606. The second-order valence-electron chi connectivity index (χ2n) is 5.57. The molecule has 7 nitrogen and oxygen atoms in total. The lowest BCUT2D eigenvalue weighted by atomic mass is 9.86. The summed E-state index contributed by atoms with van der Waals surface area (Å²) in [5, 5.41) is 19.7. The van der Waals surface area contributed by atoms with Gasteiger partial charge >= 0.3 is 5.69 Å². The van der Waals surface area contributed by atoms with Crippen LogP contribution >= 0.6 is 0 Å². The zero-order valence-corrected chi connectivity index (χ0v) is 11.8. The number of nitrogens with one attached hydrogen (secondary N) is 1. The zero-order chi connectivity index (χ0) is 15.1. The van der Waals surface area contributed by atoms with Crippen LogP contribution in [-0.2, 0) is 4.74 Å². The molecule has 3 N–H and O–H groups in total. The minimum atomic E-state index is -1.09. The van der Waals surface area contributed by atoms with E-state index in [2.05, 4.69) is 4.98 Å². The number of aryl methyl sites for hydroxylation is 1. The maximum absolute atomic E-state index is 11.8. The fourth-order valence-electron chi connectivity index (χ4n) is 2.59. The highest BCUT2D eigenvalue weighted by molar-refractivity contribution is 5.04. The van der Waals surface area contributed by atoms with E-state index in [1.165, 1.54) is 10.8 Å². The summed E-state index contributed by atoms with van der Waals surface area (Å²) >= 11 is 0. The molecule has 0 saturated carbocycles. The molecule has 0 spiro atoms. The molecule has 0 unspecified atom stereocenters. The van der Waals surface area contributed by atoms with Crippen molar-refractivity contribution in [3.8, 4) is 0 Å². The molecule has 1 saturated heterocycles. The maximum Gasteiger partial charge on any atom is 0.330 e. The van der Waals surface area contributed by atoms with E-state index >= 15 is 0 Å². The monoisotopic (exact) mass is 284 g/mol. The van der Waals surface area contributed by atoms with Crippen molar-refractivity contribution in [3.63, 3.8) is 0 Å². The first-order valence-corrected chi connectivity index (χ1v) is 6.60. The molecular formula is C13H20N2O5. The van der Waals surface area contributed by atoms with Gasteiger partial charge in [0.25, 0.3) is 5.56 Å². The lowest BCUT2D eigenvalue weighted by Gasteiger charge is -2.34. The highest BCUT2D eigenvalue weighted by Gasteiger charge is 2.50. The molecule has 1 fully saturated rings. The van der Waals surface area contributed by atoms with Gasteiger partial charge in [-0.25, -0.2) is 4.79 Å². The second kappa shape index (κ2) is 5.16. The van der Waals surface area contributed by atoms with Crippen LogP contribution in [0, 0.1) is 12.8 Å². The van der Waals surface area contributed by atoms with Gasteiger partial charge in [-0.3, -0.25) is 14.3 Å². The number of hydrogen-bond donors (Lipinski definition) is 3. The fraction of sp³-hybridized carbons (Fsp3) is 0.692. The Morgan fingerprint density at radius 1 is 1.55 bits per heavy atom. The van der Waals surface area contributed by atoms with E-state index in [4.69, 9.17) is 4.74 Å². The van der Waals surface area contributed by atoms with Crippen molar-refractivity contribution < 1.29 is 14.9 Å². The smallest absolute Gasteiger partial charge is 0.330 e. The van der Waals surface area contributed by atoms with Crippen LogP contribution in [-0.4, -0.2) is 38.1 Å². The summed E-state index contributed by atoms with van der Waals surface area (Å²) in [6.45, 7) is 4.92. The van der Waals surface area contributed by atoms with Crippen molar-refractivity contribution in [3.05, 3.63) is 32.6 Å². The molecule has 0 aromatic carbocycles. The summed E-state index contributed by atoms with van der Waals surface area (Å²) < 4.78 is 7.02. The van der Waals surface area contributed by atoms with E-state index < -0.39 is 29.2 Å². The molecule has 1 aromatic heterocycles. The molecule has 2 heterocycles. The van der Waals surface area contributed by atoms with Crippen molar-refractivity contribution in [2.75, 3.05) is 6.61 Å². The Kier molecular flexibility index (Phi) is 3.86. The third kappa shape index (κ3) is 2.21. The SMILES string of the molecule is Cc1cn([C@H]2C[C@H](O)[C@](CO)(C(C)C)O2)c(=O)[nH]c1=O. The molecule has 20 heavy (non-hydrogen) atoms. The van der Waals surface area contributed by atoms with Gasteiger partial charge in [0.2, 0.25) is 0 Å². The van der Waals surface area contributed by atoms with Crippen molar-refractivity contribution >= 4 is 0 Å². The summed E-state index contributed by atoms with van der Waals surface area (Å²) in [6.07, 6.45) is 0.00967. The molecule has 0 radical (unpaired) electrons. The van der Waals surface area contributed by atoms with Gasteiger partial charge in [-0.1, -0.05) is 13.8 Å². The van der Waals surface area contributed by atoms with E-state index in [0.717, 1.165) is 0 Å². The lowest BCUT2D eigenvalue weighted by Crippen LogP contribution is -2.48. The van der Waals surface area contributed by atoms with Crippen LogP contribution in [0.5, 0.6) is 0 Å². The summed E-state index contributed by atoms with van der Waals surface area (Å²) in [4.78, 5) is 25.4. The highest BCUT2D eigenvalue weighted by atomic mass is 16.6. The quantitative estimate of drug-likeness (QED) is 0.695. The van der Waals surface area contributed by atoms with Gasteiger partial charge in [0.1, 0.15) is 11.8 Å². The number of H-pyrrole nitrogens is 1. The fourth-order valence-corrected chi connectivity index (χ4v) is 2.59. The van der Waals surface area contributed by atoms with Gasteiger partial charge < -0.3 is 14.9 Å². The lowest BCUT2D eigenvalue weighted by molar-refractivity contribution is -0.153. The summed E-state index contributed by atoms with van der Waals surface area (Å²) in [6, 6.07) is 0. The number of rotatable bonds is 3. The average molecular weight is 284 g/mol. The maximum atomic E-state index is 11.8. The van der Waals surface area contributed by atoms with Gasteiger partial charge in [-0.15, -0.1) is 0 Å². The number of aromatic nitrogens is 2. The third-order valence-corrected chi connectivity index (χ3v) is 4.02. The van der Waals surface area contributed by atoms with Gasteiger partial charge in [0.15, 0.2) is 0 Å². The van der Waals surface area contributed by atoms with Crippen LogP contribution in [0.4, 0.5) is 0 Å². The van der Waals surface area contributed by atoms with Crippen LogP contribution in [0.25, 0.3) is 0 Å². The average Bonchev–Trinajstić information content (AvgIpc) is 2.72. The topological polar surface area (TPSA) is 105 Å². The molecule has 1 aromatic rings. The molecule has 0 bridgehead atoms. The molecule has 2 rings (SSSR count). The summed E-state index contributed by atoms with van der Waals surface area (Å²) in [5.74, 6) is -0.118.